The molecule has 9 rings (SSSR count). The minimum atomic E-state index is -1.10. The Bertz CT molecular complexity index is 2560. The molecule has 4 fully saturated rings. The molecule has 4 aliphatic heterocycles. The molecule has 2 amide bonds. The number of esters is 1. The number of fused-ring (bicyclic) bond motifs is 6. The number of benzene rings is 1. The number of carbonyl (C=O) groups excluding carboxylic acids is 3. The van der Waals surface area contributed by atoms with E-state index in [0.29, 0.717) is 50.6 Å². The topological polar surface area (TPSA) is 156 Å². The van der Waals surface area contributed by atoms with Gasteiger partial charge in [-0.1, -0.05) is 33.8 Å². The third-order valence-corrected chi connectivity index (χ3v) is 17.0. The number of cyclic esters (lactones) is 1. The molecule has 0 radical (unpaired) electrons. The fourth-order valence-electron chi connectivity index (χ4n) is 11.2. The molecule has 1 saturated carbocycles. The van der Waals surface area contributed by atoms with Crippen LogP contribution in [0.2, 0.25) is 0 Å². The Labute approximate surface area is 430 Å². The van der Waals surface area contributed by atoms with Crippen molar-refractivity contribution in [3.05, 3.63) is 52.1 Å². The fraction of sp³-hybridized carbons (Fsp3) is 0.655. The number of likely N-dealkylation sites (tertiary alicyclic amines) is 1. The highest BCUT2D eigenvalue weighted by Gasteiger charge is 2.50. The molecule has 5 aliphatic rings. The Kier molecular flexibility index (Phi) is 16.1. The van der Waals surface area contributed by atoms with Crippen LogP contribution in [0.25, 0.3) is 33.4 Å². The monoisotopic (exact) mass is 1010 g/mol. The van der Waals surface area contributed by atoms with Gasteiger partial charge in [0.05, 0.1) is 61.0 Å². The number of aromatic nitrogens is 3. The van der Waals surface area contributed by atoms with Crippen molar-refractivity contribution in [2.75, 3.05) is 91.7 Å². The molecule has 1 aromatic carbocycles. The molecule has 17 heteroatoms. The Balaban J connectivity index is 1.21. The van der Waals surface area contributed by atoms with Gasteiger partial charge >= 0.3 is 5.97 Å². The van der Waals surface area contributed by atoms with Crippen LogP contribution >= 0.6 is 11.3 Å². The highest BCUT2D eigenvalue weighted by molar-refractivity contribution is 7.10. The molecular formula is C55H79N9O7S. The molecule has 1 aliphatic carbocycles. The van der Waals surface area contributed by atoms with Crippen molar-refractivity contribution in [1.82, 2.24) is 40.1 Å². The summed E-state index contributed by atoms with van der Waals surface area (Å²) in [6.07, 6.45) is 4.43. The number of carbonyl (C=O) groups is 3. The number of ether oxygens (including phenoxy) is 4. The van der Waals surface area contributed by atoms with Crippen LogP contribution in [-0.4, -0.2) is 152 Å². The van der Waals surface area contributed by atoms with Crippen molar-refractivity contribution in [1.29, 1.82) is 0 Å². The van der Waals surface area contributed by atoms with E-state index in [1.165, 1.54) is 16.3 Å². The summed E-state index contributed by atoms with van der Waals surface area (Å²) in [6.45, 7) is 22.2. The first-order chi connectivity index (χ1) is 34.5. The predicted molar refractivity (Wildman–Crippen MR) is 281 cm³/mol. The zero-order chi connectivity index (χ0) is 51.0. The molecule has 16 nitrogen and oxygen atoms in total. The number of methoxy groups -OCH3 is 1. The lowest BCUT2D eigenvalue weighted by Gasteiger charge is -2.37. The average molecular weight is 1010 g/mol. The van der Waals surface area contributed by atoms with Crippen molar-refractivity contribution < 1.29 is 33.3 Å². The minimum absolute atomic E-state index is 0.0446. The van der Waals surface area contributed by atoms with Crippen molar-refractivity contribution in [2.45, 2.75) is 118 Å². The number of amides is 2. The number of hydrogen-bond donors (Lipinski definition) is 2. The largest absolute Gasteiger partial charge is 0.464 e. The van der Waals surface area contributed by atoms with Gasteiger partial charge in [0.2, 0.25) is 5.91 Å². The second kappa shape index (κ2) is 22.2. The lowest BCUT2D eigenvalue weighted by Crippen LogP contribution is -2.61. The smallest absolute Gasteiger partial charge is 0.324 e. The van der Waals surface area contributed by atoms with Gasteiger partial charge < -0.3 is 43.5 Å². The van der Waals surface area contributed by atoms with E-state index in [2.05, 4.69) is 110 Å². The van der Waals surface area contributed by atoms with Gasteiger partial charge in [-0.25, -0.2) is 10.4 Å². The summed E-state index contributed by atoms with van der Waals surface area (Å²) in [7, 11) is 6.04. The van der Waals surface area contributed by atoms with Gasteiger partial charge in [-0.3, -0.25) is 24.4 Å². The van der Waals surface area contributed by atoms with Crippen LogP contribution in [0.3, 0.4) is 0 Å². The van der Waals surface area contributed by atoms with Crippen molar-refractivity contribution in [3.63, 3.8) is 0 Å². The van der Waals surface area contributed by atoms with Crippen molar-refractivity contribution >= 4 is 45.7 Å². The lowest BCUT2D eigenvalue weighted by molar-refractivity contribution is -0.157. The zero-order valence-corrected chi connectivity index (χ0v) is 45.2. The van der Waals surface area contributed by atoms with Crippen LogP contribution in [-0.2, 0) is 46.3 Å². The van der Waals surface area contributed by atoms with Crippen molar-refractivity contribution in [3.8, 4) is 22.5 Å². The van der Waals surface area contributed by atoms with Crippen LogP contribution in [0.1, 0.15) is 103 Å². The van der Waals surface area contributed by atoms with Gasteiger partial charge in [-0.15, -0.1) is 11.3 Å². The summed E-state index contributed by atoms with van der Waals surface area (Å²) in [6, 6.07) is 7.00. The van der Waals surface area contributed by atoms with E-state index < -0.39 is 29.6 Å². The number of nitrogens with one attached hydrogen (secondary N) is 2. The number of rotatable bonds is 13. The summed E-state index contributed by atoms with van der Waals surface area (Å²) in [5.74, 6) is -0.463. The highest BCUT2D eigenvalue weighted by Crippen LogP contribution is 2.46. The molecule has 0 spiro atoms. The molecule has 0 unspecified atom stereocenters. The van der Waals surface area contributed by atoms with Gasteiger partial charge in [-0.2, -0.15) is 0 Å². The number of nitrogens with zero attached hydrogens (tertiary/aromatic N) is 7. The van der Waals surface area contributed by atoms with Crippen molar-refractivity contribution in [2.24, 2.45) is 29.1 Å². The number of thiazole rings is 1. The van der Waals surface area contributed by atoms with Gasteiger partial charge in [0.1, 0.15) is 23.2 Å². The maximum atomic E-state index is 15.1. The molecule has 2 N–H and O–H groups in total. The SMILES string of the molecule is CO[C@@H](C)c1ncc(N2CCN(C)CC2)cc1-c1c2c3cc(ccc3n1CCOC(C)C)-c1csc(n1)[C@@H](OCC1CCN(C)CC1)[C@H](NC(=O)[C@H]1[C@H](C)[C@@H]1C)C(=O)N1CCC[C@H](N1)C(=O)OCC(C)(C)C2. The maximum Gasteiger partial charge on any atom is 0.324 e. The van der Waals surface area contributed by atoms with E-state index in [1.54, 1.807) is 7.11 Å². The number of likely N-dealkylation sites (N-methyl/N-ethyl adjacent to an activating group) is 1. The Morgan fingerprint density at radius 1 is 0.986 bits per heavy atom. The predicted octanol–water partition coefficient (Wildman–Crippen LogP) is 7.12. The second-order valence-electron chi connectivity index (χ2n) is 22.5. The second-order valence-corrected chi connectivity index (χ2v) is 23.4. The summed E-state index contributed by atoms with van der Waals surface area (Å²) in [5, 5.41) is 8.43. The number of piperidine rings is 1. The third kappa shape index (κ3) is 11.4. The summed E-state index contributed by atoms with van der Waals surface area (Å²) < 4.78 is 28.0. The molecule has 6 bridgehead atoms. The summed E-state index contributed by atoms with van der Waals surface area (Å²) in [4.78, 5) is 61.2. The van der Waals surface area contributed by atoms with Crippen LogP contribution in [0, 0.1) is 29.1 Å². The Hall–Kier alpha value is -4.49. The number of hydrogen-bond acceptors (Lipinski definition) is 14. The van der Waals surface area contributed by atoms with Gasteiger partial charge in [0.25, 0.3) is 5.91 Å². The molecule has 392 valence electrons. The van der Waals surface area contributed by atoms with E-state index in [1.807, 2.05) is 18.5 Å². The maximum absolute atomic E-state index is 15.1. The highest BCUT2D eigenvalue weighted by atomic mass is 32.1. The fourth-order valence-corrected chi connectivity index (χ4v) is 12.1. The first-order valence-corrected chi connectivity index (χ1v) is 27.4. The normalized spacial score (nSPS) is 26.2. The Morgan fingerprint density at radius 3 is 2.43 bits per heavy atom. The van der Waals surface area contributed by atoms with E-state index in [9.17, 15) is 9.59 Å². The molecule has 4 aromatic rings. The van der Waals surface area contributed by atoms with Crippen LogP contribution in [0.5, 0.6) is 0 Å². The molecule has 7 heterocycles. The van der Waals surface area contributed by atoms with Crippen LogP contribution < -0.4 is 15.6 Å². The van der Waals surface area contributed by atoms with E-state index in [0.717, 1.165) is 102 Å². The number of piperazine rings is 1. The average Bonchev–Trinajstić information content (AvgIpc) is 3.62. The first-order valence-electron chi connectivity index (χ1n) is 26.5. The molecule has 7 atom stereocenters. The van der Waals surface area contributed by atoms with E-state index >= 15 is 4.79 Å². The van der Waals surface area contributed by atoms with Gasteiger partial charge in [0.15, 0.2) is 0 Å². The third-order valence-electron chi connectivity index (χ3n) is 16.1. The quantitative estimate of drug-likeness (QED) is 0.131. The number of pyridine rings is 1. The van der Waals surface area contributed by atoms with Crippen LogP contribution in [0.15, 0.2) is 35.8 Å². The summed E-state index contributed by atoms with van der Waals surface area (Å²) >= 11 is 1.45. The zero-order valence-electron chi connectivity index (χ0n) is 44.4. The van der Waals surface area contributed by atoms with E-state index in [4.69, 9.17) is 28.9 Å². The van der Waals surface area contributed by atoms with Gasteiger partial charge in [0, 0.05) is 85.1 Å². The molecule has 3 saturated heterocycles. The molecular weight excluding hydrogens is 931 g/mol. The lowest BCUT2D eigenvalue weighted by atomic mass is 9.84. The Morgan fingerprint density at radius 2 is 1.72 bits per heavy atom. The number of hydrazine groups is 1. The standard InChI is InChI=1S/C55H79N9O7S/c1-33(2)69-25-24-63-45-14-13-38-26-40(45)42(49(63)41-27-39(29-56-47(41)36(5)68-10)62-22-20-61(9)21-23-62)28-55(6,7)32-71-54(67)43-12-11-17-64(59-43)53(66)48(58-51(65)46-34(3)35(46)4)50(52-57-44(38)31-72-52)70-30-37-15-18-60(8)19-16-37/h13-14,26-27,29,31,33-37,43,46,48,50,59H,11-12,15-25,28,30,32H2,1-10H3,(H,58,65)/t34-,35+,36-,43-,46+,48-,50-/m0/s1. The molecule has 3 aromatic heterocycles. The van der Waals surface area contributed by atoms with Crippen LogP contribution in [0.4, 0.5) is 5.69 Å². The summed E-state index contributed by atoms with van der Waals surface area (Å²) in [5.41, 5.74) is 10.5. The minimum Gasteiger partial charge on any atom is -0.464 e. The first kappa shape index (κ1) is 52.4. The van der Waals surface area contributed by atoms with Gasteiger partial charge in [-0.05, 0) is 122 Å². The molecule has 72 heavy (non-hydrogen) atoms. The van der Waals surface area contributed by atoms with E-state index in [-0.39, 0.29) is 54.3 Å². The number of anilines is 1.